The van der Waals surface area contributed by atoms with E-state index in [2.05, 4.69) is 21.6 Å². The average molecular weight is 537 g/mol. The predicted molar refractivity (Wildman–Crippen MR) is 151 cm³/mol. The lowest BCUT2D eigenvalue weighted by atomic mass is 10.1. The zero-order chi connectivity index (χ0) is 25.5. The number of aryl methyl sites for hydroxylation is 2. The number of nitrogens with zero attached hydrogens (tertiary/aromatic N) is 1. The van der Waals surface area contributed by atoms with Crippen molar-refractivity contribution in [1.82, 2.24) is 5.32 Å². The Morgan fingerprint density at radius 2 is 1.39 bits per heavy atom. The molecule has 0 aromatic heterocycles. The standard InChI is InChI=1S/C29H29ClN2O2S2/c1-22-8-16-27(17-9-22)35(32-36(33,34)28-18-10-23(2)11-19-28)21-29(25-12-14-26(30)15-13-25)31-20-24-6-4-3-5-7-24/h3-19,29,31H,20-21H2,1-2H3/t29-,35?/m1/s1. The monoisotopic (exact) mass is 536 g/mol. The van der Waals surface area contributed by atoms with Crippen LogP contribution in [0.2, 0.25) is 5.02 Å². The number of rotatable bonds is 10. The molecule has 186 valence electrons. The van der Waals surface area contributed by atoms with Crippen LogP contribution in [0.15, 0.2) is 113 Å². The third kappa shape index (κ3) is 7.21. The van der Waals surface area contributed by atoms with Gasteiger partial charge < -0.3 is 9.44 Å². The molecule has 1 unspecified atom stereocenters. The van der Waals surface area contributed by atoms with Crippen molar-refractivity contribution < 1.29 is 8.42 Å². The number of hydrogen-bond donors (Lipinski definition) is 1. The second-order valence-electron chi connectivity index (χ2n) is 8.68. The second-order valence-corrected chi connectivity index (χ2v) is 12.7. The van der Waals surface area contributed by atoms with E-state index < -0.39 is 21.1 Å². The lowest BCUT2D eigenvalue weighted by Crippen LogP contribution is -2.28. The Labute approximate surface area is 222 Å². The topological polar surface area (TPSA) is 60.3 Å². The molecule has 4 rings (SSSR count). The molecule has 4 aromatic carbocycles. The molecular formula is C29H29ClN2O2S2. The van der Waals surface area contributed by atoms with Gasteiger partial charge in [-0.2, -0.15) is 0 Å². The number of benzene rings is 4. The van der Waals surface area contributed by atoms with Crippen molar-refractivity contribution in [3.63, 3.8) is 0 Å². The highest BCUT2D eigenvalue weighted by Crippen LogP contribution is 2.32. The van der Waals surface area contributed by atoms with Crippen molar-refractivity contribution in [2.24, 2.45) is 0 Å². The predicted octanol–water partition coefficient (Wildman–Crippen LogP) is 7.14. The van der Waals surface area contributed by atoms with Crippen LogP contribution in [0.4, 0.5) is 0 Å². The second kappa shape index (κ2) is 12.1. The summed E-state index contributed by atoms with van der Waals surface area (Å²) >= 11 is 5.23. The number of nitrogens with one attached hydrogen (secondary N) is 1. The van der Waals surface area contributed by atoms with Gasteiger partial charge in [-0.3, -0.25) is 0 Å². The van der Waals surface area contributed by atoms with Crippen LogP contribution in [-0.4, -0.2) is 14.2 Å². The molecule has 0 fully saturated rings. The van der Waals surface area contributed by atoms with Crippen molar-refractivity contribution >= 4 is 32.7 Å². The Hall–Kier alpha value is -2.61. The highest BCUT2D eigenvalue weighted by atomic mass is 35.5. The van der Waals surface area contributed by atoms with E-state index in [4.69, 9.17) is 11.6 Å². The largest absolute Gasteiger partial charge is 0.307 e. The van der Waals surface area contributed by atoms with Crippen LogP contribution in [0.3, 0.4) is 0 Å². The smallest absolute Gasteiger partial charge is 0.143 e. The molecule has 0 amide bonds. The maximum atomic E-state index is 13.3. The Kier molecular flexibility index (Phi) is 8.88. The SMILES string of the molecule is Cc1ccc([S+](C[C@@H](NCc2ccccc2)c2ccc(Cl)cc2)[N-]S(=O)(=O)c2ccc(C)cc2)cc1. The van der Waals surface area contributed by atoms with Gasteiger partial charge in [0, 0.05) is 11.6 Å². The molecule has 0 radical (unpaired) electrons. The van der Waals surface area contributed by atoms with Gasteiger partial charge >= 0.3 is 0 Å². The Balaban J connectivity index is 1.66. The normalized spacial score (nSPS) is 13.3. The first-order chi connectivity index (χ1) is 17.3. The van der Waals surface area contributed by atoms with E-state index in [1.807, 2.05) is 80.6 Å². The molecule has 1 N–H and O–H groups in total. The molecule has 7 heteroatoms. The van der Waals surface area contributed by atoms with E-state index in [9.17, 15) is 8.42 Å². The first-order valence-electron chi connectivity index (χ1n) is 11.7. The Morgan fingerprint density at radius 1 is 0.806 bits per heavy atom. The van der Waals surface area contributed by atoms with Gasteiger partial charge in [-0.25, -0.2) is 8.42 Å². The molecule has 2 atom stereocenters. The molecule has 0 aliphatic carbocycles. The van der Waals surface area contributed by atoms with Crippen LogP contribution in [0.1, 0.15) is 28.3 Å². The van der Waals surface area contributed by atoms with Crippen LogP contribution in [-0.2, 0) is 27.6 Å². The highest BCUT2D eigenvalue weighted by molar-refractivity contribution is 8.14. The van der Waals surface area contributed by atoms with Gasteiger partial charge in [-0.1, -0.05) is 89.5 Å². The summed E-state index contributed by atoms with van der Waals surface area (Å²) in [6.07, 6.45) is 0. The Bertz CT molecular complexity index is 1360. The van der Waals surface area contributed by atoms with Crippen molar-refractivity contribution in [1.29, 1.82) is 0 Å². The number of sulfonamides is 1. The zero-order valence-electron chi connectivity index (χ0n) is 20.3. The zero-order valence-corrected chi connectivity index (χ0v) is 22.7. The minimum absolute atomic E-state index is 0.135. The minimum Gasteiger partial charge on any atom is -0.307 e. The van der Waals surface area contributed by atoms with Crippen LogP contribution in [0.25, 0.3) is 4.13 Å². The molecule has 0 heterocycles. The molecule has 4 aromatic rings. The van der Waals surface area contributed by atoms with Gasteiger partial charge in [0.2, 0.25) is 0 Å². The number of halogens is 1. The minimum atomic E-state index is -3.85. The molecule has 4 nitrogen and oxygen atoms in total. The molecule has 0 saturated heterocycles. The molecule has 0 bridgehead atoms. The summed E-state index contributed by atoms with van der Waals surface area (Å²) in [7, 11) is -3.85. The molecule has 0 spiro atoms. The summed E-state index contributed by atoms with van der Waals surface area (Å²) in [6, 6.07) is 32.5. The van der Waals surface area contributed by atoms with Gasteiger partial charge in [0.25, 0.3) is 0 Å². The summed E-state index contributed by atoms with van der Waals surface area (Å²) < 4.78 is 31.2. The van der Waals surface area contributed by atoms with Crippen molar-refractivity contribution in [3.8, 4) is 0 Å². The lowest BCUT2D eigenvalue weighted by molar-refractivity contribution is 0.580. The fraction of sp³-hybridized carbons (Fsp3) is 0.172. The van der Waals surface area contributed by atoms with E-state index in [1.54, 1.807) is 24.3 Å². The highest BCUT2D eigenvalue weighted by Gasteiger charge is 2.25. The van der Waals surface area contributed by atoms with Crippen LogP contribution in [0, 0.1) is 13.8 Å². The molecule has 0 aliphatic heterocycles. The number of hydrogen-bond acceptors (Lipinski definition) is 3. The Morgan fingerprint density at radius 3 is 2.00 bits per heavy atom. The van der Waals surface area contributed by atoms with E-state index in [0.717, 1.165) is 27.1 Å². The van der Waals surface area contributed by atoms with Gasteiger partial charge in [-0.15, -0.1) is 0 Å². The van der Waals surface area contributed by atoms with Crippen molar-refractivity contribution in [3.05, 3.63) is 135 Å². The third-order valence-corrected chi connectivity index (χ3v) is 9.88. The van der Waals surface area contributed by atoms with Gasteiger partial charge in [-0.05, 0) is 72.5 Å². The fourth-order valence-corrected chi connectivity index (χ4v) is 7.45. The van der Waals surface area contributed by atoms with Gasteiger partial charge in [0.15, 0.2) is 0 Å². The maximum Gasteiger partial charge on any atom is 0.143 e. The van der Waals surface area contributed by atoms with Crippen LogP contribution >= 0.6 is 11.6 Å². The summed E-state index contributed by atoms with van der Waals surface area (Å²) in [5.41, 5.74) is 4.29. The first kappa shape index (κ1) is 26.5. The van der Waals surface area contributed by atoms with Crippen LogP contribution < -0.4 is 5.32 Å². The molecule has 0 saturated carbocycles. The van der Waals surface area contributed by atoms with E-state index in [-0.39, 0.29) is 10.9 Å². The van der Waals surface area contributed by atoms with E-state index in [0.29, 0.717) is 17.3 Å². The quantitative estimate of drug-likeness (QED) is 0.219. The summed E-state index contributed by atoms with van der Waals surface area (Å²) in [5.74, 6) is 0.489. The van der Waals surface area contributed by atoms with Crippen molar-refractivity contribution in [2.75, 3.05) is 5.75 Å². The van der Waals surface area contributed by atoms with E-state index >= 15 is 0 Å². The lowest BCUT2D eigenvalue weighted by Gasteiger charge is -2.26. The third-order valence-electron chi connectivity index (χ3n) is 5.79. The van der Waals surface area contributed by atoms with Gasteiger partial charge in [0.1, 0.15) is 20.7 Å². The molecule has 36 heavy (non-hydrogen) atoms. The summed E-state index contributed by atoms with van der Waals surface area (Å²) in [6.45, 7) is 4.59. The van der Waals surface area contributed by atoms with Crippen LogP contribution in [0.5, 0.6) is 0 Å². The molecule has 0 aliphatic rings. The average Bonchev–Trinajstić information content (AvgIpc) is 2.88. The van der Waals surface area contributed by atoms with Gasteiger partial charge in [0.05, 0.1) is 10.9 Å². The summed E-state index contributed by atoms with van der Waals surface area (Å²) in [5, 5.41) is 4.28. The summed E-state index contributed by atoms with van der Waals surface area (Å²) in [4.78, 5) is 1.09. The first-order valence-corrected chi connectivity index (χ1v) is 14.8. The maximum absolute atomic E-state index is 13.3. The fourth-order valence-electron chi connectivity index (χ4n) is 3.70. The van der Waals surface area contributed by atoms with E-state index in [1.165, 1.54) is 0 Å². The van der Waals surface area contributed by atoms with Crippen molar-refractivity contribution in [2.45, 2.75) is 36.2 Å². The molecular weight excluding hydrogens is 508 g/mol.